The number of benzene rings is 1. The van der Waals surface area contributed by atoms with Crippen molar-refractivity contribution in [3.8, 4) is 0 Å². The van der Waals surface area contributed by atoms with Gasteiger partial charge in [-0.3, -0.25) is 19.1 Å². The third-order valence-electron chi connectivity index (χ3n) is 4.01. The highest BCUT2D eigenvalue weighted by atomic mass is 32.2. The third-order valence-corrected chi connectivity index (χ3v) is 5.37. The molecule has 0 saturated carbocycles. The summed E-state index contributed by atoms with van der Waals surface area (Å²) in [5.41, 5.74) is 6.77. The number of rotatable bonds is 3. The van der Waals surface area contributed by atoms with Gasteiger partial charge in [0, 0.05) is 11.9 Å². The van der Waals surface area contributed by atoms with Crippen molar-refractivity contribution in [2.75, 3.05) is 10.6 Å². The van der Waals surface area contributed by atoms with Crippen molar-refractivity contribution < 1.29 is 14.4 Å². The van der Waals surface area contributed by atoms with Gasteiger partial charge < -0.3 is 16.4 Å². The maximum Gasteiger partial charge on any atom is 0.269 e. The van der Waals surface area contributed by atoms with Crippen molar-refractivity contribution >= 4 is 40.9 Å². The molecule has 1 aromatic heterocycles. The molecule has 2 aromatic rings. The molecule has 0 aliphatic carbocycles. The highest BCUT2D eigenvalue weighted by molar-refractivity contribution is 8.02. The summed E-state index contributed by atoms with van der Waals surface area (Å²) in [6.45, 7) is 3.18. The van der Waals surface area contributed by atoms with Crippen LogP contribution in [0.25, 0.3) is 0 Å². The highest BCUT2D eigenvalue weighted by Gasteiger charge is 2.46. The maximum atomic E-state index is 12.9. The Morgan fingerprint density at radius 3 is 2.72 bits per heavy atom. The van der Waals surface area contributed by atoms with Gasteiger partial charge in [-0.05, 0) is 26.0 Å². The fourth-order valence-corrected chi connectivity index (χ4v) is 3.74. The number of fused-ring (bicyclic) bond motifs is 1. The van der Waals surface area contributed by atoms with Crippen molar-refractivity contribution in [3.63, 3.8) is 0 Å². The lowest BCUT2D eigenvalue weighted by Crippen LogP contribution is -2.49. The molecule has 3 rings (SSSR count). The summed E-state index contributed by atoms with van der Waals surface area (Å²) < 4.78 is -0.0927. The zero-order valence-electron chi connectivity index (χ0n) is 13.9. The number of aromatic nitrogens is 2. The van der Waals surface area contributed by atoms with Gasteiger partial charge in [0.25, 0.3) is 5.91 Å². The second-order valence-electron chi connectivity index (χ2n) is 5.84. The summed E-state index contributed by atoms with van der Waals surface area (Å²) >= 11 is 1.15. The van der Waals surface area contributed by atoms with Crippen LogP contribution >= 0.6 is 11.8 Å². The first-order valence-corrected chi connectivity index (χ1v) is 8.30. The average molecular weight is 359 g/mol. The molecule has 9 heteroatoms. The van der Waals surface area contributed by atoms with Crippen molar-refractivity contribution in [1.82, 2.24) is 9.78 Å². The Kier molecular flexibility index (Phi) is 4.03. The molecule has 1 aliphatic heterocycles. The zero-order chi connectivity index (χ0) is 18.4. The molecule has 4 N–H and O–H groups in total. The Labute approximate surface area is 148 Å². The van der Waals surface area contributed by atoms with Gasteiger partial charge >= 0.3 is 0 Å². The van der Waals surface area contributed by atoms with Gasteiger partial charge in [-0.1, -0.05) is 23.9 Å². The van der Waals surface area contributed by atoms with Gasteiger partial charge in [0.05, 0.1) is 17.1 Å². The molecule has 0 radical (unpaired) electrons. The normalized spacial score (nSPS) is 19.1. The van der Waals surface area contributed by atoms with E-state index in [1.54, 1.807) is 26.1 Å². The van der Waals surface area contributed by atoms with Crippen LogP contribution in [0.5, 0.6) is 0 Å². The summed E-state index contributed by atoms with van der Waals surface area (Å²) in [6, 6.07) is 7.24. The lowest BCUT2D eigenvalue weighted by molar-refractivity contribution is -0.126. The Bertz CT molecular complexity index is 907. The molecule has 8 nitrogen and oxygen atoms in total. The van der Waals surface area contributed by atoms with E-state index in [2.05, 4.69) is 15.7 Å². The standard InChI is InChI=1S/C16H17N5O3S/c1-8-11(12(13(17)22)21(3)20-8)19-15(24)16(2)14(23)18-9-6-4-5-7-10(9)25-16/h4-7H,1-3H3,(H2,17,22)(H,18,23)(H,19,24). The number of nitrogens with zero attached hydrogens (tertiary/aromatic N) is 2. The van der Waals surface area contributed by atoms with Crippen molar-refractivity contribution in [3.05, 3.63) is 35.7 Å². The Morgan fingerprint density at radius 2 is 2.04 bits per heavy atom. The zero-order valence-corrected chi connectivity index (χ0v) is 14.7. The first kappa shape index (κ1) is 17.0. The van der Waals surface area contributed by atoms with Crippen LogP contribution < -0.4 is 16.4 Å². The number of hydrogen-bond acceptors (Lipinski definition) is 5. The fourth-order valence-electron chi connectivity index (χ4n) is 2.64. The average Bonchev–Trinajstić information content (AvgIpc) is 2.82. The molecule has 1 unspecified atom stereocenters. The fraction of sp³-hybridized carbons (Fsp3) is 0.250. The number of thioether (sulfide) groups is 1. The highest BCUT2D eigenvalue weighted by Crippen LogP contribution is 2.43. The molecule has 25 heavy (non-hydrogen) atoms. The van der Waals surface area contributed by atoms with E-state index in [4.69, 9.17) is 5.73 Å². The molecule has 1 atom stereocenters. The summed E-state index contributed by atoms with van der Waals surface area (Å²) in [7, 11) is 1.56. The van der Waals surface area contributed by atoms with Gasteiger partial charge in [-0.15, -0.1) is 0 Å². The number of para-hydroxylation sites is 1. The molecule has 0 spiro atoms. The Morgan fingerprint density at radius 1 is 1.36 bits per heavy atom. The monoisotopic (exact) mass is 359 g/mol. The van der Waals surface area contributed by atoms with Crippen LogP contribution in [0.3, 0.4) is 0 Å². The number of carbonyl (C=O) groups is 3. The van der Waals surface area contributed by atoms with Crippen LogP contribution in [0.1, 0.15) is 23.1 Å². The number of anilines is 2. The van der Waals surface area contributed by atoms with Crippen LogP contribution in [-0.2, 0) is 16.6 Å². The van der Waals surface area contributed by atoms with Crippen molar-refractivity contribution in [2.45, 2.75) is 23.5 Å². The second-order valence-corrected chi connectivity index (χ2v) is 7.30. The summed E-state index contributed by atoms with van der Waals surface area (Å²) in [6.07, 6.45) is 0. The first-order chi connectivity index (χ1) is 11.7. The van der Waals surface area contributed by atoms with Crippen LogP contribution in [0, 0.1) is 6.92 Å². The lowest BCUT2D eigenvalue weighted by Gasteiger charge is -2.31. The Hall–Kier alpha value is -2.81. The predicted octanol–water partition coefficient (Wildman–Crippen LogP) is 1.27. The second kappa shape index (κ2) is 5.92. The summed E-state index contributed by atoms with van der Waals surface area (Å²) in [4.78, 5) is 37.8. The Balaban J connectivity index is 1.94. The molecule has 1 aliphatic rings. The molecule has 2 heterocycles. The predicted molar refractivity (Wildman–Crippen MR) is 94.4 cm³/mol. The minimum absolute atomic E-state index is 0.0797. The van der Waals surface area contributed by atoms with Gasteiger partial charge in [-0.25, -0.2) is 0 Å². The molecular formula is C16H17N5O3S. The number of nitrogens with two attached hydrogens (primary N) is 1. The van der Waals surface area contributed by atoms with Crippen molar-refractivity contribution in [1.29, 1.82) is 0 Å². The van der Waals surface area contributed by atoms with Crippen LogP contribution in [0.2, 0.25) is 0 Å². The number of carbonyl (C=O) groups excluding carboxylic acids is 3. The molecule has 3 amide bonds. The van der Waals surface area contributed by atoms with Gasteiger partial charge in [-0.2, -0.15) is 5.10 Å². The number of primary amides is 1. The third kappa shape index (κ3) is 2.76. The number of amides is 3. The molecule has 0 bridgehead atoms. The molecular weight excluding hydrogens is 342 g/mol. The van der Waals surface area contributed by atoms with Crippen LogP contribution in [-0.4, -0.2) is 32.2 Å². The quantitative estimate of drug-likeness (QED) is 0.713. The minimum Gasteiger partial charge on any atom is -0.364 e. The van der Waals surface area contributed by atoms with Crippen molar-refractivity contribution in [2.24, 2.45) is 12.8 Å². The number of hydrogen-bond donors (Lipinski definition) is 3. The summed E-state index contributed by atoms with van der Waals surface area (Å²) in [5.74, 6) is -1.70. The molecule has 1 aromatic carbocycles. The van der Waals surface area contributed by atoms with Crippen LogP contribution in [0.15, 0.2) is 29.2 Å². The maximum absolute atomic E-state index is 12.9. The molecule has 0 fully saturated rings. The topological polar surface area (TPSA) is 119 Å². The first-order valence-electron chi connectivity index (χ1n) is 7.48. The SMILES string of the molecule is Cc1nn(C)c(C(N)=O)c1NC(=O)C1(C)Sc2ccccc2NC1=O. The van der Waals surface area contributed by atoms with Gasteiger partial charge in [0.2, 0.25) is 11.8 Å². The lowest BCUT2D eigenvalue weighted by atomic mass is 10.1. The number of aryl methyl sites for hydroxylation is 2. The summed E-state index contributed by atoms with van der Waals surface area (Å²) in [5, 5.41) is 9.49. The van der Waals surface area contributed by atoms with E-state index in [-0.39, 0.29) is 11.4 Å². The van der Waals surface area contributed by atoms with E-state index in [0.717, 1.165) is 16.7 Å². The largest absolute Gasteiger partial charge is 0.364 e. The van der Waals surface area contributed by atoms with Gasteiger partial charge in [0.1, 0.15) is 5.69 Å². The molecule has 0 saturated heterocycles. The van der Waals surface area contributed by atoms with Crippen LogP contribution in [0.4, 0.5) is 11.4 Å². The van der Waals surface area contributed by atoms with E-state index in [1.807, 2.05) is 12.1 Å². The minimum atomic E-state index is -1.40. The van der Waals surface area contributed by atoms with Gasteiger partial charge in [0.15, 0.2) is 4.75 Å². The number of nitrogens with one attached hydrogen (secondary N) is 2. The van der Waals surface area contributed by atoms with E-state index in [0.29, 0.717) is 11.4 Å². The van der Waals surface area contributed by atoms with E-state index in [9.17, 15) is 14.4 Å². The smallest absolute Gasteiger partial charge is 0.269 e. The van der Waals surface area contributed by atoms with E-state index >= 15 is 0 Å². The van der Waals surface area contributed by atoms with E-state index < -0.39 is 22.5 Å². The van der Waals surface area contributed by atoms with E-state index in [1.165, 1.54) is 11.6 Å². The molecule has 130 valence electrons.